The van der Waals surface area contributed by atoms with E-state index < -0.39 is 26.5 Å². The molecular formula is C86H147NO8P+. The van der Waals surface area contributed by atoms with Gasteiger partial charge in [0.1, 0.15) is 19.8 Å². The third-order valence-corrected chi connectivity index (χ3v) is 17.5. The zero-order valence-corrected chi connectivity index (χ0v) is 63.5. The Kier molecular flexibility index (Phi) is 71.4. The molecule has 10 heteroatoms. The highest BCUT2D eigenvalue weighted by molar-refractivity contribution is 7.47. The smallest absolute Gasteiger partial charge is 0.462 e. The zero-order valence-electron chi connectivity index (χ0n) is 62.6. The highest BCUT2D eigenvalue weighted by Gasteiger charge is 2.27. The predicted octanol–water partition coefficient (Wildman–Crippen LogP) is 26.3. The van der Waals surface area contributed by atoms with Gasteiger partial charge in [-0.05, 0) is 122 Å². The van der Waals surface area contributed by atoms with Gasteiger partial charge in [0.15, 0.2) is 6.10 Å². The molecule has 0 spiro atoms. The van der Waals surface area contributed by atoms with Crippen LogP contribution in [0.1, 0.15) is 322 Å². The van der Waals surface area contributed by atoms with Gasteiger partial charge in [0.05, 0.1) is 27.7 Å². The molecule has 0 aliphatic carbocycles. The number of nitrogens with zero attached hydrogens (tertiary/aromatic N) is 1. The minimum absolute atomic E-state index is 0.0250. The van der Waals surface area contributed by atoms with E-state index in [2.05, 4.69) is 172 Å². The molecule has 0 aromatic heterocycles. The average Bonchev–Trinajstić information content (AvgIpc) is 2.72. The first-order valence-electron chi connectivity index (χ1n) is 39.2. The third-order valence-electron chi connectivity index (χ3n) is 16.6. The molecule has 1 N–H and O–H groups in total. The molecule has 0 aliphatic heterocycles. The Morgan fingerprint density at radius 2 is 0.562 bits per heavy atom. The minimum atomic E-state index is -4.41. The monoisotopic (exact) mass is 1350 g/mol. The van der Waals surface area contributed by atoms with Crippen molar-refractivity contribution in [1.29, 1.82) is 0 Å². The van der Waals surface area contributed by atoms with Crippen molar-refractivity contribution < 1.29 is 42.1 Å². The fourth-order valence-corrected chi connectivity index (χ4v) is 11.4. The minimum Gasteiger partial charge on any atom is -0.462 e. The summed E-state index contributed by atoms with van der Waals surface area (Å²) in [6.07, 6.45) is 112. The number of likely N-dealkylation sites (N-methyl/N-ethyl adjacent to an activating group) is 1. The standard InChI is InChI=1S/C86H146NO8P/c1-6-8-10-12-14-16-18-20-22-24-26-28-30-32-34-36-38-40-42-43-45-47-49-51-53-55-57-59-61-63-65-67-69-71-73-75-77-79-86(89)95-84(83-94-96(90,91)93-81-80-87(3,4)5)82-92-85(88)78-76-74-72-70-68-66-64-62-60-58-56-54-52-50-48-46-44-41-39-37-35-33-31-29-27-25-23-21-19-17-15-13-11-9-7-2/h8-11,14-17,20-23,26-29,32,34,38,40,43,45,49,51,55,57,84H,6-7,12-13,18-19,24-25,30-31,33,35-37,39,41-42,44,46-48,50,52-54,56,58-83H2,1-5H3/p+1/b10-8-,11-9-,16-14-,17-15-,22-20-,23-21-,28-26-,29-27-,34-32-,40-38-,45-43-,51-49-,57-55-. The number of carbonyl (C=O) groups excluding carboxylic acids is 2. The second-order valence-electron chi connectivity index (χ2n) is 27.0. The lowest BCUT2D eigenvalue weighted by molar-refractivity contribution is -0.870. The summed E-state index contributed by atoms with van der Waals surface area (Å²) in [6, 6.07) is 0. The normalized spacial score (nSPS) is 13.9. The second kappa shape index (κ2) is 74.8. The molecule has 9 nitrogen and oxygen atoms in total. The number of allylic oxidation sites excluding steroid dienone is 26. The summed E-state index contributed by atoms with van der Waals surface area (Å²) in [5.41, 5.74) is 0. The molecule has 0 aromatic rings. The van der Waals surface area contributed by atoms with Gasteiger partial charge in [-0.2, -0.15) is 0 Å². The van der Waals surface area contributed by atoms with E-state index >= 15 is 0 Å². The molecule has 0 fully saturated rings. The van der Waals surface area contributed by atoms with Gasteiger partial charge in [-0.15, -0.1) is 0 Å². The van der Waals surface area contributed by atoms with E-state index in [1.807, 2.05) is 21.1 Å². The molecule has 0 saturated heterocycles. The van der Waals surface area contributed by atoms with Crippen molar-refractivity contribution in [3.63, 3.8) is 0 Å². The number of hydrogen-bond donors (Lipinski definition) is 1. The quantitative estimate of drug-likeness (QED) is 0.0211. The van der Waals surface area contributed by atoms with Crippen molar-refractivity contribution in [2.75, 3.05) is 47.5 Å². The van der Waals surface area contributed by atoms with E-state index in [0.717, 1.165) is 128 Å². The number of esters is 2. The van der Waals surface area contributed by atoms with Crippen LogP contribution in [-0.4, -0.2) is 74.9 Å². The van der Waals surface area contributed by atoms with Gasteiger partial charge < -0.3 is 18.9 Å². The molecule has 0 bridgehead atoms. The van der Waals surface area contributed by atoms with Gasteiger partial charge >= 0.3 is 19.8 Å². The van der Waals surface area contributed by atoms with Gasteiger partial charge in [0.2, 0.25) is 0 Å². The van der Waals surface area contributed by atoms with Gasteiger partial charge in [-0.25, -0.2) is 4.57 Å². The number of ether oxygens (including phenoxy) is 2. The van der Waals surface area contributed by atoms with Crippen LogP contribution < -0.4 is 0 Å². The SMILES string of the molecule is CC/C=C\C/C=C\C/C=C\C/C=C\C/C=C\C/C=C\C/C=C\C/C=C\C/C=C\CCCCCCCCCCCC(=O)OC(COC(=O)CCCCCCCCCCCCCCCCCCCCCCCC/C=C\C/C=C\C/C=C\C/C=C\CC)COP(=O)(O)OCC[N+](C)(C)C. The van der Waals surface area contributed by atoms with Gasteiger partial charge in [-0.3, -0.25) is 18.6 Å². The molecule has 548 valence electrons. The first kappa shape index (κ1) is 91.6. The van der Waals surface area contributed by atoms with Crippen LogP contribution in [-0.2, 0) is 32.7 Å². The van der Waals surface area contributed by atoms with Crippen LogP contribution in [0.5, 0.6) is 0 Å². The van der Waals surface area contributed by atoms with Crippen molar-refractivity contribution in [1.82, 2.24) is 0 Å². The molecule has 0 aromatic carbocycles. The molecule has 96 heavy (non-hydrogen) atoms. The Morgan fingerprint density at radius 3 is 0.833 bits per heavy atom. The van der Waals surface area contributed by atoms with E-state index in [1.165, 1.54) is 161 Å². The number of phosphoric acid groups is 1. The molecule has 0 aliphatic rings. The number of rotatable bonds is 71. The Labute approximate surface area is 592 Å². The van der Waals surface area contributed by atoms with Crippen LogP contribution in [0.3, 0.4) is 0 Å². The first-order chi connectivity index (χ1) is 47.0. The molecule has 0 amide bonds. The Bertz CT molecular complexity index is 2180. The summed E-state index contributed by atoms with van der Waals surface area (Å²) in [5, 5.41) is 0. The van der Waals surface area contributed by atoms with Crippen LogP contribution in [0, 0.1) is 0 Å². The molecule has 0 radical (unpaired) electrons. The van der Waals surface area contributed by atoms with Gasteiger partial charge in [-0.1, -0.05) is 345 Å². The molecule has 2 atom stereocenters. The van der Waals surface area contributed by atoms with Crippen molar-refractivity contribution >= 4 is 19.8 Å². The zero-order chi connectivity index (χ0) is 69.7. The maximum atomic E-state index is 12.9. The second-order valence-corrected chi connectivity index (χ2v) is 28.4. The first-order valence-corrected chi connectivity index (χ1v) is 40.7. The Morgan fingerprint density at radius 1 is 0.323 bits per heavy atom. The van der Waals surface area contributed by atoms with Crippen molar-refractivity contribution in [2.24, 2.45) is 0 Å². The topological polar surface area (TPSA) is 108 Å². The fourth-order valence-electron chi connectivity index (χ4n) is 10.6. The summed E-state index contributed by atoms with van der Waals surface area (Å²) in [5.74, 6) is -0.801. The Balaban J connectivity index is 4.03. The average molecular weight is 1350 g/mol. The van der Waals surface area contributed by atoms with E-state index in [-0.39, 0.29) is 32.0 Å². The summed E-state index contributed by atoms with van der Waals surface area (Å²) in [7, 11) is 1.47. The summed E-state index contributed by atoms with van der Waals surface area (Å²) in [6.45, 7) is 4.22. The van der Waals surface area contributed by atoms with Crippen LogP contribution >= 0.6 is 7.82 Å². The van der Waals surface area contributed by atoms with Crippen LogP contribution in [0.15, 0.2) is 158 Å². The van der Waals surface area contributed by atoms with Crippen molar-refractivity contribution in [3.05, 3.63) is 158 Å². The summed E-state index contributed by atoms with van der Waals surface area (Å²) >= 11 is 0. The number of phosphoric ester groups is 1. The molecule has 0 rings (SSSR count). The lowest BCUT2D eigenvalue weighted by Gasteiger charge is -2.24. The molecule has 0 heterocycles. The lowest BCUT2D eigenvalue weighted by Crippen LogP contribution is -2.37. The fraction of sp³-hybridized carbons (Fsp3) is 0.674. The number of hydrogen-bond acceptors (Lipinski definition) is 7. The highest BCUT2D eigenvalue weighted by atomic mass is 31.2. The van der Waals surface area contributed by atoms with Crippen LogP contribution in [0.25, 0.3) is 0 Å². The molecule has 0 saturated carbocycles. The highest BCUT2D eigenvalue weighted by Crippen LogP contribution is 2.43. The van der Waals surface area contributed by atoms with Crippen molar-refractivity contribution in [3.8, 4) is 0 Å². The third kappa shape index (κ3) is 78.6. The van der Waals surface area contributed by atoms with Crippen LogP contribution in [0.2, 0.25) is 0 Å². The molecule has 2 unspecified atom stereocenters. The number of carbonyl (C=O) groups is 2. The van der Waals surface area contributed by atoms with E-state index in [0.29, 0.717) is 17.4 Å². The molecular weight excluding hydrogens is 1210 g/mol. The largest absolute Gasteiger partial charge is 0.472 e. The van der Waals surface area contributed by atoms with E-state index in [4.69, 9.17) is 18.5 Å². The summed E-state index contributed by atoms with van der Waals surface area (Å²) < 4.78 is 34.8. The van der Waals surface area contributed by atoms with Gasteiger partial charge in [0, 0.05) is 12.8 Å². The lowest BCUT2D eigenvalue weighted by atomic mass is 10.0. The summed E-state index contributed by atoms with van der Waals surface area (Å²) in [4.78, 5) is 36.0. The van der Waals surface area contributed by atoms with E-state index in [9.17, 15) is 19.0 Å². The maximum Gasteiger partial charge on any atom is 0.472 e. The number of quaternary nitrogens is 1. The predicted molar refractivity (Wildman–Crippen MR) is 417 cm³/mol. The van der Waals surface area contributed by atoms with Gasteiger partial charge in [0.25, 0.3) is 0 Å². The maximum absolute atomic E-state index is 12.9. The van der Waals surface area contributed by atoms with E-state index in [1.54, 1.807) is 0 Å². The van der Waals surface area contributed by atoms with Crippen LogP contribution in [0.4, 0.5) is 0 Å². The number of unbranched alkanes of at least 4 members (excludes halogenated alkanes) is 31. The Hall–Kier alpha value is -4.37. The van der Waals surface area contributed by atoms with Crippen molar-refractivity contribution in [2.45, 2.75) is 328 Å².